The Balaban J connectivity index is 1.71. The van der Waals surface area contributed by atoms with Crippen molar-refractivity contribution in [1.29, 1.82) is 0 Å². The number of piperidine rings is 1. The Bertz CT molecular complexity index is 658. The van der Waals surface area contributed by atoms with Crippen molar-refractivity contribution in [2.24, 2.45) is 5.92 Å². The van der Waals surface area contributed by atoms with E-state index in [4.69, 9.17) is 0 Å². The standard InChI is InChI=1S/C16H23N3O3S/c1-23(21,22)18-10-4-5-13(11-18)16(20)19(15-7-8-15)12-14-6-2-3-9-17-14/h2-3,6,9,13,15H,4-5,7-8,10-12H2,1H3. The normalized spacial score (nSPS) is 22.7. The molecular weight excluding hydrogens is 314 g/mol. The highest BCUT2D eigenvalue weighted by molar-refractivity contribution is 7.88. The third kappa shape index (κ3) is 4.09. The van der Waals surface area contributed by atoms with Crippen LogP contribution in [0.15, 0.2) is 24.4 Å². The van der Waals surface area contributed by atoms with E-state index in [-0.39, 0.29) is 17.9 Å². The molecule has 1 aliphatic carbocycles. The van der Waals surface area contributed by atoms with E-state index < -0.39 is 10.0 Å². The predicted molar refractivity (Wildman–Crippen MR) is 86.9 cm³/mol. The highest BCUT2D eigenvalue weighted by Gasteiger charge is 2.38. The van der Waals surface area contributed by atoms with Gasteiger partial charge in [0.15, 0.2) is 0 Å². The Kier molecular flexibility index (Phi) is 4.68. The smallest absolute Gasteiger partial charge is 0.227 e. The molecule has 0 spiro atoms. The zero-order valence-electron chi connectivity index (χ0n) is 13.4. The van der Waals surface area contributed by atoms with Crippen molar-refractivity contribution in [3.63, 3.8) is 0 Å². The van der Waals surface area contributed by atoms with Crippen LogP contribution < -0.4 is 0 Å². The first-order valence-electron chi connectivity index (χ1n) is 8.10. The quantitative estimate of drug-likeness (QED) is 0.811. The molecule has 1 aliphatic heterocycles. The summed E-state index contributed by atoms with van der Waals surface area (Å²) in [5.41, 5.74) is 0.878. The number of sulfonamides is 1. The molecule has 0 aromatic carbocycles. The summed E-state index contributed by atoms with van der Waals surface area (Å²) in [5, 5.41) is 0. The van der Waals surface area contributed by atoms with Gasteiger partial charge in [-0.3, -0.25) is 9.78 Å². The molecular formula is C16H23N3O3S. The van der Waals surface area contributed by atoms with E-state index in [1.807, 2.05) is 23.1 Å². The van der Waals surface area contributed by atoms with Gasteiger partial charge >= 0.3 is 0 Å². The molecule has 2 aliphatic rings. The van der Waals surface area contributed by atoms with Gasteiger partial charge in [-0.15, -0.1) is 0 Å². The number of carbonyl (C=O) groups excluding carboxylic acids is 1. The molecule has 6 nitrogen and oxygen atoms in total. The number of amides is 1. The van der Waals surface area contributed by atoms with Crippen LogP contribution in [0.3, 0.4) is 0 Å². The van der Waals surface area contributed by atoms with Crippen molar-refractivity contribution < 1.29 is 13.2 Å². The topological polar surface area (TPSA) is 70.6 Å². The van der Waals surface area contributed by atoms with Gasteiger partial charge in [0.2, 0.25) is 15.9 Å². The van der Waals surface area contributed by atoms with Crippen LogP contribution in [0.5, 0.6) is 0 Å². The number of pyridine rings is 1. The summed E-state index contributed by atoms with van der Waals surface area (Å²) in [7, 11) is -3.23. The van der Waals surface area contributed by atoms with E-state index in [0.29, 0.717) is 19.6 Å². The van der Waals surface area contributed by atoms with Crippen molar-refractivity contribution in [1.82, 2.24) is 14.2 Å². The number of rotatable bonds is 5. The summed E-state index contributed by atoms with van der Waals surface area (Å²) < 4.78 is 24.9. The van der Waals surface area contributed by atoms with E-state index >= 15 is 0 Å². The maximum atomic E-state index is 12.9. The number of nitrogens with zero attached hydrogens (tertiary/aromatic N) is 3. The first-order valence-corrected chi connectivity index (χ1v) is 9.95. The third-order valence-electron chi connectivity index (χ3n) is 4.53. The minimum atomic E-state index is -3.23. The second-order valence-corrected chi connectivity index (χ2v) is 8.46. The molecule has 1 amide bonds. The monoisotopic (exact) mass is 337 g/mol. The fourth-order valence-corrected chi connectivity index (χ4v) is 4.03. The largest absolute Gasteiger partial charge is 0.334 e. The number of hydrogen-bond acceptors (Lipinski definition) is 4. The lowest BCUT2D eigenvalue weighted by Crippen LogP contribution is -2.46. The zero-order valence-corrected chi connectivity index (χ0v) is 14.2. The van der Waals surface area contributed by atoms with Gasteiger partial charge in [0.25, 0.3) is 0 Å². The summed E-state index contributed by atoms with van der Waals surface area (Å²) >= 11 is 0. The summed E-state index contributed by atoms with van der Waals surface area (Å²) in [6.45, 7) is 1.34. The Morgan fingerprint density at radius 3 is 2.74 bits per heavy atom. The van der Waals surface area contributed by atoms with Gasteiger partial charge in [0.1, 0.15) is 0 Å². The molecule has 7 heteroatoms. The van der Waals surface area contributed by atoms with E-state index in [0.717, 1.165) is 31.4 Å². The van der Waals surface area contributed by atoms with Gasteiger partial charge in [-0.1, -0.05) is 6.07 Å². The molecule has 1 saturated heterocycles. The van der Waals surface area contributed by atoms with Crippen LogP contribution in [0.2, 0.25) is 0 Å². The molecule has 3 rings (SSSR count). The second kappa shape index (κ2) is 6.57. The maximum absolute atomic E-state index is 12.9. The summed E-state index contributed by atoms with van der Waals surface area (Å²) in [4.78, 5) is 19.1. The summed E-state index contributed by atoms with van der Waals surface area (Å²) in [5.74, 6) is -0.158. The van der Waals surface area contributed by atoms with E-state index in [2.05, 4.69) is 4.98 Å². The summed E-state index contributed by atoms with van der Waals surface area (Å²) in [6.07, 6.45) is 6.51. The van der Waals surface area contributed by atoms with Crippen LogP contribution in [0, 0.1) is 5.92 Å². The number of carbonyl (C=O) groups is 1. The second-order valence-electron chi connectivity index (χ2n) is 6.48. The molecule has 2 heterocycles. The van der Waals surface area contributed by atoms with Gasteiger partial charge in [0.05, 0.1) is 24.4 Å². The molecule has 1 atom stereocenters. The number of aromatic nitrogens is 1. The summed E-state index contributed by atoms with van der Waals surface area (Å²) in [6, 6.07) is 5.99. The van der Waals surface area contributed by atoms with Gasteiger partial charge < -0.3 is 4.90 Å². The molecule has 23 heavy (non-hydrogen) atoms. The van der Waals surface area contributed by atoms with Gasteiger partial charge in [-0.2, -0.15) is 0 Å². The SMILES string of the molecule is CS(=O)(=O)N1CCCC(C(=O)N(Cc2ccccn2)C2CC2)C1. The molecule has 1 saturated carbocycles. The molecule has 0 bridgehead atoms. The van der Waals surface area contributed by atoms with Crippen LogP contribution in [-0.4, -0.2) is 53.9 Å². The van der Waals surface area contributed by atoms with Crippen LogP contribution in [0.1, 0.15) is 31.4 Å². The van der Waals surface area contributed by atoms with Gasteiger partial charge in [-0.05, 0) is 37.8 Å². The Labute approximate surface area is 137 Å². The first kappa shape index (κ1) is 16.4. The lowest BCUT2D eigenvalue weighted by atomic mass is 9.98. The van der Waals surface area contributed by atoms with Crippen molar-refractivity contribution in [2.45, 2.75) is 38.3 Å². The molecule has 0 radical (unpaired) electrons. The molecule has 1 unspecified atom stereocenters. The van der Waals surface area contributed by atoms with Crippen molar-refractivity contribution in [3.05, 3.63) is 30.1 Å². The first-order chi connectivity index (χ1) is 10.9. The molecule has 126 valence electrons. The highest BCUT2D eigenvalue weighted by atomic mass is 32.2. The molecule has 1 aromatic heterocycles. The predicted octanol–water partition coefficient (Wildman–Crippen LogP) is 1.24. The van der Waals surface area contributed by atoms with Gasteiger partial charge in [-0.25, -0.2) is 12.7 Å². The Hall–Kier alpha value is -1.47. The van der Waals surface area contributed by atoms with E-state index in [1.165, 1.54) is 10.6 Å². The maximum Gasteiger partial charge on any atom is 0.227 e. The Morgan fingerprint density at radius 2 is 2.13 bits per heavy atom. The number of hydrogen-bond donors (Lipinski definition) is 0. The van der Waals surface area contributed by atoms with Crippen LogP contribution >= 0.6 is 0 Å². The fraction of sp³-hybridized carbons (Fsp3) is 0.625. The average Bonchev–Trinajstić information content (AvgIpc) is 3.37. The van der Waals surface area contributed by atoms with Crippen molar-refractivity contribution in [3.8, 4) is 0 Å². The minimum Gasteiger partial charge on any atom is -0.334 e. The van der Waals surface area contributed by atoms with Crippen molar-refractivity contribution >= 4 is 15.9 Å². The third-order valence-corrected chi connectivity index (χ3v) is 5.80. The van der Waals surface area contributed by atoms with E-state index in [1.54, 1.807) is 6.20 Å². The molecule has 2 fully saturated rings. The van der Waals surface area contributed by atoms with Crippen molar-refractivity contribution in [2.75, 3.05) is 19.3 Å². The molecule has 1 aromatic rings. The minimum absolute atomic E-state index is 0.0755. The fourth-order valence-electron chi connectivity index (χ4n) is 3.12. The molecule has 0 N–H and O–H groups in total. The highest BCUT2D eigenvalue weighted by Crippen LogP contribution is 2.31. The van der Waals surface area contributed by atoms with Gasteiger partial charge in [0, 0.05) is 25.3 Å². The van der Waals surface area contributed by atoms with E-state index in [9.17, 15) is 13.2 Å². The lowest BCUT2D eigenvalue weighted by Gasteiger charge is -2.33. The zero-order chi connectivity index (χ0) is 16.4. The van der Waals surface area contributed by atoms with Crippen LogP contribution in [0.4, 0.5) is 0 Å². The average molecular weight is 337 g/mol. The Morgan fingerprint density at radius 1 is 1.35 bits per heavy atom. The lowest BCUT2D eigenvalue weighted by molar-refractivity contribution is -0.138. The van der Waals surface area contributed by atoms with Crippen LogP contribution in [0.25, 0.3) is 0 Å². The van der Waals surface area contributed by atoms with Crippen LogP contribution in [-0.2, 0) is 21.4 Å².